The largest absolute Gasteiger partial charge is 0.447 e. The van der Waals surface area contributed by atoms with Gasteiger partial charge in [-0.15, -0.1) is 5.10 Å². The molecule has 1 aromatic heterocycles. The SMILES string of the molecule is CC(OC(=O)c1nc(-c2ccccc2)n(-c2ccccc2)n1)C(=O)NCCc1ccccc1. The van der Waals surface area contributed by atoms with E-state index in [1.54, 1.807) is 4.68 Å². The van der Waals surface area contributed by atoms with Crippen LogP contribution in [0.2, 0.25) is 0 Å². The van der Waals surface area contributed by atoms with E-state index in [4.69, 9.17) is 4.74 Å². The summed E-state index contributed by atoms with van der Waals surface area (Å²) < 4.78 is 6.95. The zero-order valence-corrected chi connectivity index (χ0v) is 18.2. The molecule has 7 heteroatoms. The third kappa shape index (κ3) is 5.51. The number of carbonyl (C=O) groups is 2. The summed E-state index contributed by atoms with van der Waals surface area (Å²) in [5.41, 5.74) is 2.68. The third-order valence-corrected chi connectivity index (χ3v) is 5.03. The van der Waals surface area contributed by atoms with Crippen molar-refractivity contribution in [3.63, 3.8) is 0 Å². The molecule has 3 aromatic carbocycles. The van der Waals surface area contributed by atoms with Gasteiger partial charge in [-0.3, -0.25) is 4.79 Å². The molecule has 4 aromatic rings. The number of para-hydroxylation sites is 1. The lowest BCUT2D eigenvalue weighted by molar-refractivity contribution is -0.129. The zero-order chi connectivity index (χ0) is 23.0. The maximum atomic E-state index is 12.7. The minimum absolute atomic E-state index is 0.110. The second-order valence-corrected chi connectivity index (χ2v) is 7.45. The van der Waals surface area contributed by atoms with Gasteiger partial charge >= 0.3 is 5.97 Å². The highest BCUT2D eigenvalue weighted by Crippen LogP contribution is 2.21. The average molecular weight is 441 g/mol. The van der Waals surface area contributed by atoms with E-state index in [-0.39, 0.29) is 11.7 Å². The van der Waals surface area contributed by atoms with Crippen molar-refractivity contribution < 1.29 is 14.3 Å². The summed E-state index contributed by atoms with van der Waals surface area (Å²) >= 11 is 0. The molecule has 0 aliphatic carbocycles. The van der Waals surface area contributed by atoms with Crippen LogP contribution < -0.4 is 5.32 Å². The van der Waals surface area contributed by atoms with E-state index in [1.807, 2.05) is 91.0 Å². The molecule has 1 N–H and O–H groups in total. The lowest BCUT2D eigenvalue weighted by Gasteiger charge is -2.12. The summed E-state index contributed by atoms with van der Waals surface area (Å²) in [5.74, 6) is -0.729. The van der Waals surface area contributed by atoms with Crippen LogP contribution in [0.15, 0.2) is 91.0 Å². The molecule has 0 bridgehead atoms. The number of esters is 1. The third-order valence-electron chi connectivity index (χ3n) is 5.03. The van der Waals surface area contributed by atoms with E-state index in [0.29, 0.717) is 18.8 Å². The van der Waals surface area contributed by atoms with Crippen molar-refractivity contribution >= 4 is 11.9 Å². The summed E-state index contributed by atoms with van der Waals surface area (Å²) in [6.45, 7) is 1.98. The van der Waals surface area contributed by atoms with Crippen LogP contribution in [-0.4, -0.2) is 39.3 Å². The van der Waals surface area contributed by atoms with Gasteiger partial charge in [0.1, 0.15) is 0 Å². The predicted octanol–water partition coefficient (Wildman–Crippen LogP) is 3.84. The Balaban J connectivity index is 1.45. The fraction of sp³-hybridized carbons (Fsp3) is 0.154. The molecular formula is C26H24N4O3. The van der Waals surface area contributed by atoms with Gasteiger partial charge in [-0.25, -0.2) is 14.5 Å². The van der Waals surface area contributed by atoms with Gasteiger partial charge in [0, 0.05) is 12.1 Å². The van der Waals surface area contributed by atoms with E-state index in [9.17, 15) is 9.59 Å². The Morgan fingerprint density at radius 3 is 2.18 bits per heavy atom. The molecule has 4 rings (SSSR count). The lowest BCUT2D eigenvalue weighted by Crippen LogP contribution is -2.37. The van der Waals surface area contributed by atoms with Crippen LogP contribution in [0.1, 0.15) is 23.1 Å². The number of nitrogens with one attached hydrogen (secondary N) is 1. The molecule has 0 fully saturated rings. The molecule has 0 aliphatic heterocycles. The fourth-order valence-corrected chi connectivity index (χ4v) is 3.31. The van der Waals surface area contributed by atoms with Gasteiger partial charge in [-0.2, -0.15) is 0 Å². The number of hydrogen-bond donors (Lipinski definition) is 1. The van der Waals surface area contributed by atoms with E-state index < -0.39 is 12.1 Å². The molecule has 0 spiro atoms. The van der Waals surface area contributed by atoms with Crippen LogP contribution in [0.3, 0.4) is 0 Å². The van der Waals surface area contributed by atoms with Crippen LogP contribution in [0.4, 0.5) is 0 Å². The molecule has 1 atom stereocenters. The molecular weight excluding hydrogens is 416 g/mol. The standard InChI is InChI=1S/C26H24N4O3/c1-19(25(31)27-18-17-20-11-5-2-6-12-20)33-26(32)23-28-24(21-13-7-3-8-14-21)30(29-23)22-15-9-4-10-16-22/h2-16,19H,17-18H2,1H3,(H,27,31). The molecule has 0 saturated heterocycles. The predicted molar refractivity (Wildman–Crippen MR) is 125 cm³/mol. The van der Waals surface area contributed by atoms with Crippen molar-refractivity contribution in [3.05, 3.63) is 102 Å². The Morgan fingerprint density at radius 2 is 1.52 bits per heavy atom. The van der Waals surface area contributed by atoms with Gasteiger partial charge in [-0.1, -0.05) is 78.9 Å². The van der Waals surface area contributed by atoms with Crippen LogP contribution in [-0.2, 0) is 16.0 Å². The molecule has 1 unspecified atom stereocenters. The smallest absolute Gasteiger partial charge is 0.379 e. The van der Waals surface area contributed by atoms with Crippen molar-refractivity contribution in [3.8, 4) is 17.1 Å². The van der Waals surface area contributed by atoms with Gasteiger partial charge in [0.05, 0.1) is 5.69 Å². The lowest BCUT2D eigenvalue weighted by atomic mass is 10.1. The normalized spacial score (nSPS) is 11.5. The summed E-state index contributed by atoms with van der Waals surface area (Å²) in [7, 11) is 0. The van der Waals surface area contributed by atoms with Crippen LogP contribution in [0.5, 0.6) is 0 Å². The fourth-order valence-electron chi connectivity index (χ4n) is 3.31. The second kappa shape index (κ2) is 10.4. The minimum Gasteiger partial charge on any atom is -0.447 e. The maximum absolute atomic E-state index is 12.7. The molecule has 1 amide bonds. The molecule has 1 heterocycles. The average Bonchev–Trinajstić information content (AvgIpc) is 3.31. The maximum Gasteiger partial charge on any atom is 0.379 e. The summed E-state index contributed by atoms with van der Waals surface area (Å²) in [5, 5.41) is 7.16. The first-order chi connectivity index (χ1) is 16.1. The van der Waals surface area contributed by atoms with E-state index in [1.165, 1.54) is 6.92 Å². The summed E-state index contributed by atoms with van der Waals surface area (Å²) in [4.78, 5) is 29.5. The Morgan fingerprint density at radius 1 is 0.909 bits per heavy atom. The van der Waals surface area contributed by atoms with Gasteiger partial charge in [-0.05, 0) is 31.0 Å². The van der Waals surface area contributed by atoms with Crippen molar-refractivity contribution in [2.45, 2.75) is 19.4 Å². The topological polar surface area (TPSA) is 86.1 Å². The number of hydrogen-bond acceptors (Lipinski definition) is 5. The monoisotopic (exact) mass is 440 g/mol. The van der Waals surface area contributed by atoms with E-state index in [0.717, 1.165) is 16.8 Å². The van der Waals surface area contributed by atoms with Crippen molar-refractivity contribution in [1.29, 1.82) is 0 Å². The Labute approximate surface area is 192 Å². The highest BCUT2D eigenvalue weighted by Gasteiger charge is 2.24. The first-order valence-corrected chi connectivity index (χ1v) is 10.7. The molecule has 7 nitrogen and oxygen atoms in total. The minimum atomic E-state index is -0.975. The first kappa shape index (κ1) is 22.0. The van der Waals surface area contributed by atoms with Crippen molar-refractivity contribution in [1.82, 2.24) is 20.1 Å². The number of ether oxygens (including phenoxy) is 1. The highest BCUT2D eigenvalue weighted by atomic mass is 16.5. The number of benzene rings is 3. The Bertz CT molecular complexity index is 1150. The van der Waals surface area contributed by atoms with Gasteiger partial charge in [0.2, 0.25) is 0 Å². The Kier molecular flexibility index (Phi) is 6.90. The molecule has 0 aliphatic rings. The van der Waals surface area contributed by atoms with E-state index >= 15 is 0 Å². The number of amides is 1. The number of carbonyl (C=O) groups excluding carboxylic acids is 2. The first-order valence-electron chi connectivity index (χ1n) is 10.7. The highest BCUT2D eigenvalue weighted by molar-refractivity contribution is 5.89. The summed E-state index contributed by atoms with van der Waals surface area (Å²) in [6.07, 6.45) is -0.284. The second-order valence-electron chi connectivity index (χ2n) is 7.45. The zero-order valence-electron chi connectivity index (χ0n) is 18.2. The van der Waals surface area contributed by atoms with Crippen molar-refractivity contribution in [2.24, 2.45) is 0 Å². The number of aromatic nitrogens is 3. The van der Waals surface area contributed by atoms with E-state index in [2.05, 4.69) is 15.4 Å². The molecule has 166 valence electrons. The van der Waals surface area contributed by atoms with Crippen LogP contribution in [0.25, 0.3) is 17.1 Å². The molecule has 0 radical (unpaired) electrons. The van der Waals surface area contributed by atoms with Gasteiger partial charge in [0.25, 0.3) is 11.7 Å². The van der Waals surface area contributed by atoms with Gasteiger partial charge in [0.15, 0.2) is 11.9 Å². The number of nitrogens with zero attached hydrogens (tertiary/aromatic N) is 3. The quantitative estimate of drug-likeness (QED) is 0.421. The van der Waals surface area contributed by atoms with Crippen LogP contribution in [0, 0.1) is 0 Å². The Hall–Kier alpha value is -4.26. The molecule has 33 heavy (non-hydrogen) atoms. The molecule has 0 saturated carbocycles. The van der Waals surface area contributed by atoms with Crippen molar-refractivity contribution in [2.75, 3.05) is 6.54 Å². The van der Waals surface area contributed by atoms with Crippen LogP contribution >= 0.6 is 0 Å². The summed E-state index contributed by atoms with van der Waals surface area (Å²) in [6, 6.07) is 28.7. The number of rotatable bonds is 8. The van der Waals surface area contributed by atoms with Gasteiger partial charge < -0.3 is 10.1 Å².